The first kappa shape index (κ1) is 13.5. The molecular formula is C13H13F3N2O. The second-order valence-electron chi connectivity index (χ2n) is 4.14. The first-order valence-electron chi connectivity index (χ1n) is 5.61. The van der Waals surface area contributed by atoms with E-state index in [1.54, 1.807) is 26.1 Å². The van der Waals surface area contributed by atoms with Crippen LogP contribution in [0.15, 0.2) is 18.2 Å². The summed E-state index contributed by atoms with van der Waals surface area (Å²) in [6.45, 7) is 1.71. The van der Waals surface area contributed by atoms with Gasteiger partial charge in [0, 0.05) is 18.1 Å². The average molecular weight is 270 g/mol. The Balaban J connectivity index is 2.81. The molecular weight excluding hydrogens is 257 g/mol. The number of benzene rings is 1. The van der Waals surface area contributed by atoms with E-state index >= 15 is 0 Å². The lowest BCUT2D eigenvalue weighted by atomic mass is 10.1. The highest BCUT2D eigenvalue weighted by Crippen LogP contribution is 2.35. The molecule has 0 spiro atoms. The number of alkyl halides is 3. The SMILES string of the molecule is CNc1cc(C(F)(F)F)nc2c(C)cc(OC)cc12. The Kier molecular flexibility index (Phi) is 3.26. The summed E-state index contributed by atoms with van der Waals surface area (Å²) in [5.41, 5.74) is 0.425. The van der Waals surface area contributed by atoms with Crippen molar-refractivity contribution in [2.45, 2.75) is 13.1 Å². The second kappa shape index (κ2) is 4.60. The number of fused-ring (bicyclic) bond motifs is 1. The van der Waals surface area contributed by atoms with Gasteiger partial charge in [0.05, 0.1) is 12.6 Å². The number of nitrogens with one attached hydrogen (secondary N) is 1. The number of aromatic nitrogens is 1. The van der Waals surface area contributed by atoms with Crippen LogP contribution in [0.1, 0.15) is 11.3 Å². The van der Waals surface area contributed by atoms with E-state index < -0.39 is 11.9 Å². The number of hydrogen-bond donors (Lipinski definition) is 1. The maximum Gasteiger partial charge on any atom is 0.433 e. The molecule has 19 heavy (non-hydrogen) atoms. The molecule has 1 N–H and O–H groups in total. The summed E-state index contributed by atoms with van der Waals surface area (Å²) in [7, 11) is 3.08. The van der Waals surface area contributed by atoms with Crippen LogP contribution < -0.4 is 10.1 Å². The zero-order chi connectivity index (χ0) is 14.2. The number of halogens is 3. The number of hydrogen-bond acceptors (Lipinski definition) is 3. The van der Waals surface area contributed by atoms with E-state index in [1.165, 1.54) is 7.11 Å². The molecule has 0 atom stereocenters. The molecule has 0 aliphatic carbocycles. The van der Waals surface area contributed by atoms with Gasteiger partial charge in [0.2, 0.25) is 0 Å². The number of aryl methyl sites for hydroxylation is 1. The number of nitrogens with zero attached hydrogens (tertiary/aromatic N) is 1. The van der Waals surface area contributed by atoms with Gasteiger partial charge in [-0.25, -0.2) is 4.98 Å². The molecule has 0 radical (unpaired) electrons. The van der Waals surface area contributed by atoms with Crippen LogP contribution in [0.3, 0.4) is 0 Å². The fourth-order valence-corrected chi connectivity index (χ4v) is 1.94. The predicted molar refractivity (Wildman–Crippen MR) is 67.6 cm³/mol. The van der Waals surface area contributed by atoms with Crippen molar-refractivity contribution in [1.82, 2.24) is 4.98 Å². The van der Waals surface area contributed by atoms with Crippen molar-refractivity contribution >= 4 is 16.6 Å². The highest BCUT2D eigenvalue weighted by Gasteiger charge is 2.33. The summed E-state index contributed by atoms with van der Waals surface area (Å²) in [6.07, 6.45) is -4.47. The first-order chi connectivity index (χ1) is 8.86. The van der Waals surface area contributed by atoms with Crippen LogP contribution in [0.4, 0.5) is 18.9 Å². The van der Waals surface area contributed by atoms with Gasteiger partial charge in [-0.2, -0.15) is 13.2 Å². The van der Waals surface area contributed by atoms with Gasteiger partial charge in [-0.1, -0.05) is 0 Å². The maximum atomic E-state index is 12.8. The molecule has 3 nitrogen and oxygen atoms in total. The number of ether oxygens (including phenoxy) is 1. The highest BCUT2D eigenvalue weighted by atomic mass is 19.4. The Hall–Kier alpha value is -1.98. The van der Waals surface area contributed by atoms with Crippen LogP contribution in [-0.2, 0) is 6.18 Å². The summed E-state index contributed by atoms with van der Waals surface area (Å²) in [6, 6.07) is 4.33. The van der Waals surface area contributed by atoms with Gasteiger partial charge in [-0.3, -0.25) is 0 Å². The van der Waals surface area contributed by atoms with Crippen molar-refractivity contribution in [1.29, 1.82) is 0 Å². The summed E-state index contributed by atoms with van der Waals surface area (Å²) < 4.78 is 43.5. The normalized spacial score (nSPS) is 11.7. The largest absolute Gasteiger partial charge is 0.497 e. The summed E-state index contributed by atoms with van der Waals surface area (Å²) in [5.74, 6) is 0.586. The molecule has 2 aromatic rings. The van der Waals surface area contributed by atoms with E-state index in [2.05, 4.69) is 10.3 Å². The van der Waals surface area contributed by atoms with Crippen molar-refractivity contribution in [2.75, 3.05) is 19.5 Å². The molecule has 0 unspecified atom stereocenters. The maximum absolute atomic E-state index is 12.8. The molecule has 0 aliphatic heterocycles. The average Bonchev–Trinajstić information content (AvgIpc) is 2.36. The van der Waals surface area contributed by atoms with Crippen LogP contribution in [0, 0.1) is 6.92 Å². The van der Waals surface area contributed by atoms with Crippen LogP contribution in [0.5, 0.6) is 5.75 Å². The van der Waals surface area contributed by atoms with Gasteiger partial charge in [0.15, 0.2) is 0 Å². The van der Waals surface area contributed by atoms with Crippen LogP contribution in [0.25, 0.3) is 10.9 Å². The summed E-state index contributed by atoms with van der Waals surface area (Å²) in [5, 5.41) is 3.37. The lowest BCUT2D eigenvalue weighted by molar-refractivity contribution is -0.140. The summed E-state index contributed by atoms with van der Waals surface area (Å²) in [4.78, 5) is 3.71. The molecule has 0 saturated carbocycles. The molecule has 1 aromatic carbocycles. The topological polar surface area (TPSA) is 34.2 Å². The minimum Gasteiger partial charge on any atom is -0.497 e. The standard InChI is InChI=1S/C13H13F3N2O/c1-7-4-8(19-3)5-9-10(17-2)6-11(13(14,15)16)18-12(7)9/h4-6H,1-3H3,(H,17,18). The van der Waals surface area contributed by atoms with Crippen molar-refractivity contribution in [3.8, 4) is 5.75 Å². The fourth-order valence-electron chi connectivity index (χ4n) is 1.94. The van der Waals surface area contributed by atoms with Gasteiger partial charge in [0.1, 0.15) is 11.4 Å². The number of rotatable bonds is 2. The monoisotopic (exact) mass is 270 g/mol. The number of anilines is 1. The molecule has 1 aromatic heterocycles. The summed E-state index contributed by atoms with van der Waals surface area (Å²) >= 11 is 0. The highest BCUT2D eigenvalue weighted by molar-refractivity contribution is 5.94. The molecule has 2 rings (SSSR count). The molecule has 0 amide bonds. The van der Waals surface area contributed by atoms with Gasteiger partial charge in [-0.05, 0) is 30.7 Å². The van der Waals surface area contributed by atoms with Crippen molar-refractivity contribution in [2.24, 2.45) is 0 Å². The van der Waals surface area contributed by atoms with Crippen molar-refractivity contribution in [3.63, 3.8) is 0 Å². The minimum absolute atomic E-state index is 0.319. The Bertz CT molecular complexity index is 623. The molecule has 0 saturated heterocycles. The third-order valence-electron chi connectivity index (χ3n) is 2.87. The predicted octanol–water partition coefficient (Wildman–Crippen LogP) is 3.61. The zero-order valence-electron chi connectivity index (χ0n) is 10.7. The molecule has 102 valence electrons. The van der Waals surface area contributed by atoms with Gasteiger partial charge >= 0.3 is 6.18 Å². The third kappa shape index (κ3) is 2.43. The Labute approximate surface area is 108 Å². The molecule has 1 heterocycles. The van der Waals surface area contributed by atoms with E-state index in [1.807, 2.05) is 0 Å². The zero-order valence-corrected chi connectivity index (χ0v) is 10.7. The Morgan fingerprint density at radius 3 is 2.42 bits per heavy atom. The van der Waals surface area contributed by atoms with Crippen LogP contribution >= 0.6 is 0 Å². The Morgan fingerprint density at radius 1 is 1.21 bits per heavy atom. The van der Waals surface area contributed by atoms with E-state index in [4.69, 9.17) is 4.74 Å². The van der Waals surface area contributed by atoms with Gasteiger partial charge < -0.3 is 10.1 Å². The van der Waals surface area contributed by atoms with Crippen LogP contribution in [-0.4, -0.2) is 19.1 Å². The number of pyridine rings is 1. The Morgan fingerprint density at radius 2 is 1.89 bits per heavy atom. The third-order valence-corrected chi connectivity index (χ3v) is 2.87. The lowest BCUT2D eigenvalue weighted by Crippen LogP contribution is -2.09. The van der Waals surface area contributed by atoms with E-state index in [0.29, 0.717) is 27.9 Å². The van der Waals surface area contributed by atoms with Gasteiger partial charge in [0.25, 0.3) is 0 Å². The second-order valence-corrected chi connectivity index (χ2v) is 4.14. The quantitative estimate of drug-likeness (QED) is 0.905. The smallest absolute Gasteiger partial charge is 0.433 e. The fraction of sp³-hybridized carbons (Fsp3) is 0.308. The number of methoxy groups -OCH3 is 1. The molecule has 0 aliphatic rings. The molecule has 0 fully saturated rings. The van der Waals surface area contributed by atoms with E-state index in [-0.39, 0.29) is 0 Å². The minimum atomic E-state index is -4.47. The van der Waals surface area contributed by atoms with Gasteiger partial charge in [-0.15, -0.1) is 0 Å². The van der Waals surface area contributed by atoms with E-state index in [9.17, 15) is 13.2 Å². The lowest BCUT2D eigenvalue weighted by Gasteiger charge is -2.14. The first-order valence-corrected chi connectivity index (χ1v) is 5.61. The van der Waals surface area contributed by atoms with Crippen LogP contribution in [0.2, 0.25) is 0 Å². The van der Waals surface area contributed by atoms with E-state index in [0.717, 1.165) is 6.07 Å². The van der Waals surface area contributed by atoms with Crippen molar-refractivity contribution in [3.05, 3.63) is 29.5 Å². The van der Waals surface area contributed by atoms with Crippen molar-refractivity contribution < 1.29 is 17.9 Å². The molecule has 6 heteroatoms. The molecule has 0 bridgehead atoms.